The van der Waals surface area contributed by atoms with Crippen LogP contribution in [0.2, 0.25) is 5.02 Å². The summed E-state index contributed by atoms with van der Waals surface area (Å²) in [4.78, 5) is 15.3. The first-order valence-corrected chi connectivity index (χ1v) is 11.5. The standard InChI is InChI=1S/C26H29ClN2O/c27-22-8-6-21(7-9-22)26(12-13-26)24(30)28-16-3-17-29-18-14-25(15-19-29)11-10-20-4-1-2-5-23(20)25/h1-2,4-11H,3,12-19H2,(H,28,30). The molecule has 1 aliphatic heterocycles. The van der Waals surface area contributed by atoms with Crippen molar-refractivity contribution >= 4 is 23.6 Å². The van der Waals surface area contributed by atoms with Gasteiger partial charge in [-0.25, -0.2) is 0 Å². The Morgan fingerprint density at radius 2 is 1.73 bits per heavy atom. The maximum absolute atomic E-state index is 12.8. The summed E-state index contributed by atoms with van der Waals surface area (Å²) in [7, 11) is 0. The highest BCUT2D eigenvalue weighted by Crippen LogP contribution is 2.48. The van der Waals surface area contributed by atoms with Gasteiger partial charge in [-0.1, -0.05) is 60.2 Å². The smallest absolute Gasteiger partial charge is 0.230 e. The molecule has 1 heterocycles. The Hall–Kier alpha value is -2.10. The van der Waals surface area contributed by atoms with Gasteiger partial charge in [-0.05, 0) is 80.6 Å². The van der Waals surface area contributed by atoms with Crippen LogP contribution in [0.5, 0.6) is 0 Å². The molecule has 1 spiro atoms. The molecule has 2 aromatic carbocycles. The van der Waals surface area contributed by atoms with Crippen molar-refractivity contribution in [3.8, 4) is 0 Å². The molecule has 5 rings (SSSR count). The van der Waals surface area contributed by atoms with E-state index in [1.165, 1.54) is 24.0 Å². The second kappa shape index (κ2) is 7.86. The van der Waals surface area contributed by atoms with Gasteiger partial charge in [-0.2, -0.15) is 0 Å². The molecule has 1 amide bonds. The molecule has 1 N–H and O–H groups in total. The third-order valence-corrected chi connectivity index (χ3v) is 7.60. The molecule has 0 unspecified atom stereocenters. The van der Waals surface area contributed by atoms with Crippen LogP contribution in [-0.2, 0) is 15.6 Å². The second-order valence-corrected chi connectivity index (χ2v) is 9.55. The first-order valence-electron chi connectivity index (χ1n) is 11.2. The lowest BCUT2D eigenvalue weighted by Crippen LogP contribution is -2.42. The maximum Gasteiger partial charge on any atom is 0.230 e. The highest BCUT2D eigenvalue weighted by Gasteiger charge is 2.51. The van der Waals surface area contributed by atoms with Crippen molar-refractivity contribution in [3.63, 3.8) is 0 Å². The van der Waals surface area contributed by atoms with Crippen LogP contribution in [-0.4, -0.2) is 37.0 Å². The minimum atomic E-state index is -0.315. The minimum absolute atomic E-state index is 0.176. The summed E-state index contributed by atoms with van der Waals surface area (Å²) in [6.45, 7) is 4.05. The summed E-state index contributed by atoms with van der Waals surface area (Å²) < 4.78 is 0. The summed E-state index contributed by atoms with van der Waals surface area (Å²) in [6, 6.07) is 16.6. The largest absolute Gasteiger partial charge is 0.355 e. The zero-order valence-electron chi connectivity index (χ0n) is 17.4. The first kappa shape index (κ1) is 19.8. The summed E-state index contributed by atoms with van der Waals surface area (Å²) in [5, 5.41) is 3.91. The molecule has 2 fully saturated rings. The predicted octanol–water partition coefficient (Wildman–Crippen LogP) is 4.94. The van der Waals surface area contributed by atoms with E-state index in [1.54, 1.807) is 0 Å². The van der Waals surface area contributed by atoms with Gasteiger partial charge in [0.2, 0.25) is 5.91 Å². The maximum atomic E-state index is 12.8. The van der Waals surface area contributed by atoms with Gasteiger partial charge >= 0.3 is 0 Å². The molecule has 156 valence electrons. The Balaban J connectivity index is 1.08. The first-order chi connectivity index (χ1) is 14.6. The van der Waals surface area contributed by atoms with Crippen LogP contribution in [0.25, 0.3) is 6.08 Å². The molecule has 4 heteroatoms. The van der Waals surface area contributed by atoms with E-state index < -0.39 is 0 Å². The monoisotopic (exact) mass is 420 g/mol. The van der Waals surface area contributed by atoms with E-state index in [2.05, 4.69) is 46.6 Å². The van der Waals surface area contributed by atoms with Crippen LogP contribution in [0.4, 0.5) is 0 Å². The SMILES string of the molecule is O=C(NCCCN1CCC2(C=Cc3ccccc32)CC1)C1(c2ccc(Cl)cc2)CC1. The molecular weight excluding hydrogens is 392 g/mol. The fourth-order valence-corrected chi connectivity index (χ4v) is 5.39. The second-order valence-electron chi connectivity index (χ2n) is 9.12. The molecule has 1 saturated heterocycles. The number of benzene rings is 2. The highest BCUT2D eigenvalue weighted by atomic mass is 35.5. The van der Waals surface area contributed by atoms with E-state index in [1.807, 2.05) is 24.3 Å². The van der Waals surface area contributed by atoms with Crippen molar-refractivity contribution < 1.29 is 4.79 Å². The number of carbonyl (C=O) groups excluding carboxylic acids is 1. The quantitative estimate of drug-likeness (QED) is 0.671. The van der Waals surface area contributed by atoms with E-state index in [0.29, 0.717) is 0 Å². The minimum Gasteiger partial charge on any atom is -0.355 e. The van der Waals surface area contributed by atoms with Crippen molar-refractivity contribution in [2.24, 2.45) is 0 Å². The normalized spacial score (nSPS) is 20.8. The van der Waals surface area contributed by atoms with E-state index >= 15 is 0 Å². The van der Waals surface area contributed by atoms with E-state index in [-0.39, 0.29) is 16.7 Å². The molecule has 2 aromatic rings. The summed E-state index contributed by atoms with van der Waals surface area (Å²) >= 11 is 5.99. The van der Waals surface area contributed by atoms with Gasteiger partial charge in [0.05, 0.1) is 5.41 Å². The van der Waals surface area contributed by atoms with Crippen LogP contribution in [0.15, 0.2) is 54.6 Å². The van der Waals surface area contributed by atoms with Crippen LogP contribution < -0.4 is 5.32 Å². The molecule has 3 aliphatic rings. The Labute approximate surface area is 184 Å². The van der Waals surface area contributed by atoms with Crippen LogP contribution in [0.1, 0.15) is 48.8 Å². The van der Waals surface area contributed by atoms with E-state index in [4.69, 9.17) is 11.6 Å². The number of likely N-dealkylation sites (tertiary alicyclic amines) is 1. The van der Waals surface area contributed by atoms with Crippen LogP contribution in [0.3, 0.4) is 0 Å². The Morgan fingerprint density at radius 3 is 2.47 bits per heavy atom. The number of carbonyl (C=O) groups is 1. The number of allylic oxidation sites excluding steroid dienone is 1. The number of fused-ring (bicyclic) bond motifs is 2. The number of halogens is 1. The third kappa shape index (κ3) is 3.59. The fraction of sp³-hybridized carbons (Fsp3) is 0.423. The molecule has 30 heavy (non-hydrogen) atoms. The molecule has 0 aromatic heterocycles. The molecular formula is C26H29ClN2O. The van der Waals surface area contributed by atoms with Crippen molar-refractivity contribution in [1.29, 1.82) is 0 Å². The predicted molar refractivity (Wildman–Crippen MR) is 123 cm³/mol. The van der Waals surface area contributed by atoms with Gasteiger partial charge in [0.1, 0.15) is 0 Å². The fourth-order valence-electron chi connectivity index (χ4n) is 5.26. The van der Waals surface area contributed by atoms with Gasteiger partial charge in [0, 0.05) is 17.0 Å². The molecule has 3 nitrogen and oxygen atoms in total. The van der Waals surface area contributed by atoms with Crippen molar-refractivity contribution in [2.75, 3.05) is 26.2 Å². The average molecular weight is 421 g/mol. The van der Waals surface area contributed by atoms with Crippen molar-refractivity contribution in [1.82, 2.24) is 10.2 Å². The lowest BCUT2D eigenvalue weighted by Gasteiger charge is -2.39. The molecule has 0 bridgehead atoms. The number of piperidine rings is 1. The summed E-state index contributed by atoms with van der Waals surface area (Å²) in [6.07, 6.45) is 9.98. The highest BCUT2D eigenvalue weighted by molar-refractivity contribution is 6.30. The Kier molecular flexibility index (Phi) is 5.20. The molecule has 0 radical (unpaired) electrons. The molecule has 2 aliphatic carbocycles. The van der Waals surface area contributed by atoms with Gasteiger partial charge in [0.15, 0.2) is 0 Å². The zero-order valence-corrected chi connectivity index (χ0v) is 18.1. The average Bonchev–Trinajstić information content (AvgIpc) is 3.52. The Bertz CT molecular complexity index is 953. The number of nitrogens with one attached hydrogen (secondary N) is 1. The number of rotatable bonds is 6. The van der Waals surface area contributed by atoms with Gasteiger partial charge in [0.25, 0.3) is 0 Å². The van der Waals surface area contributed by atoms with E-state index in [0.717, 1.165) is 56.0 Å². The number of hydrogen-bond acceptors (Lipinski definition) is 2. The number of nitrogens with zero attached hydrogens (tertiary/aromatic N) is 1. The number of hydrogen-bond donors (Lipinski definition) is 1. The molecule has 0 atom stereocenters. The van der Waals surface area contributed by atoms with Crippen LogP contribution >= 0.6 is 11.6 Å². The van der Waals surface area contributed by atoms with Gasteiger partial charge < -0.3 is 10.2 Å². The lowest BCUT2D eigenvalue weighted by atomic mass is 9.74. The Morgan fingerprint density at radius 1 is 1.00 bits per heavy atom. The summed E-state index contributed by atoms with van der Waals surface area (Å²) in [5.41, 5.74) is 3.93. The lowest BCUT2D eigenvalue weighted by molar-refractivity contribution is -0.123. The van der Waals surface area contributed by atoms with Gasteiger partial charge in [-0.3, -0.25) is 4.79 Å². The zero-order chi connectivity index (χ0) is 20.6. The summed E-state index contributed by atoms with van der Waals surface area (Å²) in [5.74, 6) is 0.176. The van der Waals surface area contributed by atoms with Crippen LogP contribution in [0, 0.1) is 0 Å². The van der Waals surface area contributed by atoms with Gasteiger partial charge in [-0.15, -0.1) is 0 Å². The number of amides is 1. The topological polar surface area (TPSA) is 32.3 Å². The molecule has 1 saturated carbocycles. The third-order valence-electron chi connectivity index (χ3n) is 7.35. The van der Waals surface area contributed by atoms with Crippen molar-refractivity contribution in [3.05, 3.63) is 76.3 Å². The van der Waals surface area contributed by atoms with Crippen molar-refractivity contribution in [2.45, 2.75) is 42.9 Å². The van der Waals surface area contributed by atoms with E-state index in [9.17, 15) is 4.79 Å².